The van der Waals surface area contributed by atoms with Crippen LogP contribution in [0.2, 0.25) is 0 Å². The first-order valence-corrected chi connectivity index (χ1v) is 18.0. The fraction of sp³-hybridized carbons (Fsp3) is 0.0500. The van der Waals surface area contributed by atoms with Crippen molar-refractivity contribution in [3.8, 4) is 22.6 Å². The van der Waals surface area contributed by atoms with Crippen LogP contribution in [0.1, 0.15) is 0 Å². The first-order valence-electron chi connectivity index (χ1n) is 15.3. The van der Waals surface area contributed by atoms with Gasteiger partial charge in [-0.2, -0.15) is 0 Å². The van der Waals surface area contributed by atoms with Gasteiger partial charge < -0.3 is 19.7 Å². The molecular formula is C40H32O6P2. The Balaban J connectivity index is 1.72. The van der Waals surface area contributed by atoms with Crippen LogP contribution in [0.3, 0.4) is 0 Å². The van der Waals surface area contributed by atoms with Gasteiger partial charge in [-0.3, -0.25) is 0 Å². The quantitative estimate of drug-likeness (QED) is 0.151. The first-order chi connectivity index (χ1) is 23.5. The zero-order valence-electron chi connectivity index (χ0n) is 25.8. The summed E-state index contributed by atoms with van der Waals surface area (Å²) in [7, 11) is -2.40. The van der Waals surface area contributed by atoms with Gasteiger partial charge >= 0.3 is 11.9 Å². The number of benzene rings is 6. The van der Waals surface area contributed by atoms with Gasteiger partial charge in [-0.25, -0.2) is 9.59 Å². The van der Waals surface area contributed by atoms with Crippen LogP contribution in [0.25, 0.3) is 11.1 Å². The lowest BCUT2D eigenvalue weighted by Gasteiger charge is -2.28. The summed E-state index contributed by atoms with van der Waals surface area (Å²) in [4.78, 5) is 23.7. The third-order valence-electron chi connectivity index (χ3n) is 7.50. The molecule has 6 aromatic carbocycles. The summed E-state index contributed by atoms with van der Waals surface area (Å²) in [5, 5.41) is 25.6. The molecule has 0 saturated heterocycles. The van der Waals surface area contributed by atoms with Crippen LogP contribution < -0.4 is 41.3 Å². The molecule has 0 saturated carbocycles. The van der Waals surface area contributed by atoms with E-state index in [2.05, 4.69) is 60.7 Å². The van der Waals surface area contributed by atoms with E-state index in [0.29, 0.717) is 22.6 Å². The van der Waals surface area contributed by atoms with Crippen LogP contribution >= 0.6 is 15.8 Å². The number of aliphatic carboxylic acids is 2. The lowest BCUT2D eigenvalue weighted by molar-refractivity contribution is -0.140. The second-order valence-corrected chi connectivity index (χ2v) is 15.0. The number of hydrogen-bond acceptors (Lipinski definition) is 4. The van der Waals surface area contributed by atoms with Gasteiger partial charge in [0.1, 0.15) is 11.5 Å². The van der Waals surface area contributed by atoms with Crippen molar-refractivity contribution in [2.45, 2.75) is 0 Å². The molecule has 0 aliphatic carbocycles. The summed E-state index contributed by atoms with van der Waals surface area (Å²) in [6.45, 7) is -1.10. The highest BCUT2D eigenvalue weighted by molar-refractivity contribution is 7.80. The molecule has 8 heteroatoms. The summed E-state index contributed by atoms with van der Waals surface area (Å²) in [5.41, 5.74) is 1.35. The molecule has 0 spiro atoms. The smallest absolute Gasteiger partial charge is 0.341 e. The molecular weight excluding hydrogens is 638 g/mol. The molecule has 2 N–H and O–H groups in total. The molecule has 0 atom stereocenters. The first kappa shape index (κ1) is 32.7. The maximum absolute atomic E-state index is 11.9. The Morgan fingerprint density at radius 2 is 0.708 bits per heavy atom. The second-order valence-electron chi connectivity index (χ2n) is 10.7. The number of carbonyl (C=O) groups is 2. The fourth-order valence-electron chi connectivity index (χ4n) is 5.60. The van der Waals surface area contributed by atoms with E-state index in [4.69, 9.17) is 9.47 Å². The lowest BCUT2D eigenvalue weighted by atomic mass is 10.0. The van der Waals surface area contributed by atoms with Gasteiger partial charge in [-0.15, -0.1) is 0 Å². The fourth-order valence-corrected chi connectivity index (χ4v) is 10.5. The van der Waals surface area contributed by atoms with Gasteiger partial charge in [0.25, 0.3) is 0 Å². The molecule has 0 radical (unpaired) electrons. The van der Waals surface area contributed by atoms with E-state index in [1.54, 1.807) is 12.1 Å². The number of ether oxygens (including phenoxy) is 2. The minimum atomic E-state index is -1.20. The summed E-state index contributed by atoms with van der Waals surface area (Å²) in [6, 6.07) is 52.2. The van der Waals surface area contributed by atoms with E-state index >= 15 is 0 Å². The normalized spacial score (nSPS) is 11.0. The zero-order chi connectivity index (χ0) is 33.3. The van der Waals surface area contributed by atoms with Crippen LogP contribution in [0.15, 0.2) is 158 Å². The minimum Gasteiger partial charge on any atom is -0.481 e. The van der Waals surface area contributed by atoms with Gasteiger partial charge in [-0.1, -0.05) is 146 Å². The highest BCUT2D eigenvalue weighted by Gasteiger charge is 2.30. The van der Waals surface area contributed by atoms with Crippen molar-refractivity contribution >= 4 is 59.6 Å². The summed E-state index contributed by atoms with van der Waals surface area (Å²) in [6.07, 6.45) is 0. The van der Waals surface area contributed by atoms with Crippen LogP contribution in [0.5, 0.6) is 11.5 Å². The Bertz CT molecular complexity index is 1760. The molecule has 0 unspecified atom stereocenters. The SMILES string of the molecule is O=C(O)COc1cccc(P(c2ccccc2)c2ccccc2)c1-c1c(OCC(=O)O)cccc1P(c1ccccc1)c1ccccc1. The molecule has 0 heterocycles. The average Bonchev–Trinajstić information content (AvgIpc) is 3.12. The van der Waals surface area contributed by atoms with Crippen molar-refractivity contribution in [2.75, 3.05) is 13.2 Å². The summed E-state index contributed by atoms with van der Waals surface area (Å²) >= 11 is 0. The Labute approximate surface area is 281 Å². The number of carboxylic acids is 2. The molecule has 0 aromatic heterocycles. The maximum atomic E-state index is 11.9. The Morgan fingerprint density at radius 1 is 0.417 bits per heavy atom. The van der Waals surface area contributed by atoms with Gasteiger partial charge in [0.15, 0.2) is 13.2 Å². The van der Waals surface area contributed by atoms with Gasteiger partial charge in [0.05, 0.1) is 0 Å². The molecule has 0 fully saturated rings. The highest BCUT2D eigenvalue weighted by atomic mass is 31.1. The van der Waals surface area contributed by atoms with E-state index in [1.165, 1.54) is 0 Å². The molecule has 0 amide bonds. The molecule has 48 heavy (non-hydrogen) atoms. The largest absolute Gasteiger partial charge is 0.481 e. The average molecular weight is 671 g/mol. The molecule has 6 rings (SSSR count). The van der Waals surface area contributed by atoms with Gasteiger partial charge in [0, 0.05) is 11.1 Å². The molecule has 0 aliphatic rings. The highest BCUT2D eigenvalue weighted by Crippen LogP contribution is 2.47. The van der Waals surface area contributed by atoms with Crippen molar-refractivity contribution in [3.63, 3.8) is 0 Å². The van der Waals surface area contributed by atoms with Crippen molar-refractivity contribution in [2.24, 2.45) is 0 Å². The third kappa shape index (κ3) is 7.47. The predicted octanol–water partition coefficient (Wildman–Crippen LogP) is 5.80. The molecule has 6 nitrogen and oxygen atoms in total. The second kappa shape index (κ2) is 15.5. The molecule has 238 valence electrons. The predicted molar refractivity (Wildman–Crippen MR) is 196 cm³/mol. The van der Waals surface area contributed by atoms with Crippen LogP contribution in [-0.4, -0.2) is 35.4 Å². The minimum absolute atomic E-state index is 0.373. The summed E-state index contributed by atoms with van der Waals surface area (Å²) in [5.74, 6) is -1.46. The number of carboxylic acid groups (broad SMARTS) is 2. The van der Waals surface area contributed by atoms with Crippen LogP contribution in [-0.2, 0) is 9.59 Å². The Morgan fingerprint density at radius 3 is 0.979 bits per heavy atom. The molecule has 0 aliphatic heterocycles. The van der Waals surface area contributed by atoms with Crippen LogP contribution in [0.4, 0.5) is 0 Å². The number of rotatable bonds is 13. The van der Waals surface area contributed by atoms with E-state index in [-0.39, 0.29) is 0 Å². The maximum Gasteiger partial charge on any atom is 0.341 e. The Kier molecular flexibility index (Phi) is 10.6. The standard InChI is InChI=1S/C40H32O6P2/c41-37(42)27-45-33-23-13-25-35(47(29-15-5-1-6-16-29)30-17-7-2-8-18-30)39(33)40-34(46-28-38(43)44)24-14-26-36(40)48(31-19-9-3-10-20-31)32-21-11-4-12-22-32/h1-26H,27-28H2,(H,41,42)(H,43,44). The third-order valence-corrected chi connectivity index (χ3v) is 12.5. The van der Waals surface area contributed by atoms with Crippen molar-refractivity contribution in [1.29, 1.82) is 0 Å². The van der Waals surface area contributed by atoms with Gasteiger partial charge in [0.2, 0.25) is 0 Å². The van der Waals surface area contributed by atoms with E-state index in [1.807, 2.05) is 84.9 Å². The Hall–Kier alpha value is -5.28. The monoisotopic (exact) mass is 670 g/mol. The zero-order valence-corrected chi connectivity index (χ0v) is 27.6. The molecule has 0 bridgehead atoms. The topological polar surface area (TPSA) is 93.1 Å². The van der Waals surface area contributed by atoms with Crippen molar-refractivity contribution in [3.05, 3.63) is 158 Å². The van der Waals surface area contributed by atoms with E-state index < -0.39 is 41.0 Å². The van der Waals surface area contributed by atoms with Crippen LogP contribution in [0, 0.1) is 0 Å². The van der Waals surface area contributed by atoms with Crippen molar-refractivity contribution in [1.82, 2.24) is 0 Å². The number of hydrogen-bond donors (Lipinski definition) is 2. The van der Waals surface area contributed by atoms with Gasteiger partial charge in [-0.05, 0) is 59.8 Å². The molecule has 6 aromatic rings. The summed E-state index contributed by atoms with van der Waals surface area (Å²) < 4.78 is 12.2. The lowest BCUT2D eigenvalue weighted by Crippen LogP contribution is -2.27. The van der Waals surface area contributed by atoms with Crippen molar-refractivity contribution < 1.29 is 29.3 Å². The van der Waals surface area contributed by atoms with E-state index in [9.17, 15) is 19.8 Å². The van der Waals surface area contributed by atoms with E-state index in [0.717, 1.165) is 31.8 Å².